The number of nitrogens with zero attached hydrogens (tertiary/aromatic N) is 6. The molecule has 4 aromatic rings. The summed E-state index contributed by atoms with van der Waals surface area (Å²) in [5, 5.41) is 12.1. The fourth-order valence-electron chi connectivity index (χ4n) is 2.22. The molecule has 0 aliphatic carbocycles. The van der Waals surface area contributed by atoms with Gasteiger partial charge in [-0.1, -0.05) is 5.21 Å². The monoisotopic (exact) mass is 300 g/mol. The molecule has 22 heavy (non-hydrogen) atoms. The van der Waals surface area contributed by atoms with E-state index in [2.05, 4.69) is 20.4 Å². The second-order valence-corrected chi connectivity index (χ2v) is 4.78. The molecule has 0 aliphatic heterocycles. The largest absolute Gasteiger partial charge is 0.439 e. The summed E-state index contributed by atoms with van der Waals surface area (Å²) in [5.74, 6) is -0.152. The second-order valence-electron chi connectivity index (χ2n) is 4.78. The molecule has 8 nitrogen and oxygen atoms in total. The van der Waals surface area contributed by atoms with Gasteiger partial charge in [0.25, 0.3) is 5.56 Å². The molecule has 0 fully saturated rings. The van der Waals surface area contributed by atoms with Gasteiger partial charge in [0, 0.05) is 13.1 Å². The Morgan fingerprint density at radius 1 is 1.36 bits per heavy atom. The Hall–Kier alpha value is -3.10. The van der Waals surface area contributed by atoms with Gasteiger partial charge in [-0.25, -0.2) is 18.7 Å². The van der Waals surface area contributed by atoms with Crippen LogP contribution in [0.5, 0.6) is 0 Å². The molecule has 0 aliphatic rings. The molecule has 0 spiro atoms. The van der Waals surface area contributed by atoms with Crippen molar-refractivity contribution in [3.8, 4) is 0 Å². The number of aromatic nitrogens is 6. The maximum Gasteiger partial charge on any atom is 0.281 e. The van der Waals surface area contributed by atoms with Gasteiger partial charge in [0.15, 0.2) is 11.2 Å². The van der Waals surface area contributed by atoms with Crippen molar-refractivity contribution in [2.45, 2.75) is 6.54 Å². The molecule has 110 valence electrons. The summed E-state index contributed by atoms with van der Waals surface area (Å²) in [5.41, 5.74) is 0.894. The highest BCUT2D eigenvalue weighted by atomic mass is 19.1. The van der Waals surface area contributed by atoms with E-state index in [0.29, 0.717) is 22.1 Å². The lowest BCUT2D eigenvalue weighted by Gasteiger charge is -1.99. The zero-order valence-electron chi connectivity index (χ0n) is 11.4. The van der Waals surface area contributed by atoms with Gasteiger partial charge in [-0.05, 0) is 12.1 Å². The van der Waals surface area contributed by atoms with Gasteiger partial charge in [0.05, 0.1) is 6.20 Å². The van der Waals surface area contributed by atoms with Crippen LogP contribution < -0.4 is 5.56 Å². The number of rotatable bonds is 2. The Balaban J connectivity index is 1.78. The van der Waals surface area contributed by atoms with E-state index in [4.69, 9.17) is 4.42 Å². The van der Waals surface area contributed by atoms with Crippen molar-refractivity contribution in [1.29, 1.82) is 0 Å². The molecule has 0 radical (unpaired) electrons. The molecule has 0 saturated heterocycles. The first-order chi connectivity index (χ1) is 10.6. The minimum atomic E-state index is -0.402. The van der Waals surface area contributed by atoms with Crippen LogP contribution in [0.2, 0.25) is 0 Å². The van der Waals surface area contributed by atoms with Crippen LogP contribution in [-0.4, -0.2) is 29.8 Å². The van der Waals surface area contributed by atoms with Crippen molar-refractivity contribution < 1.29 is 8.81 Å². The predicted octanol–water partition coefficient (Wildman–Crippen LogP) is 0.854. The van der Waals surface area contributed by atoms with E-state index in [-0.39, 0.29) is 18.0 Å². The van der Waals surface area contributed by atoms with E-state index in [1.807, 2.05) is 0 Å². The van der Waals surface area contributed by atoms with E-state index < -0.39 is 5.82 Å². The molecule has 0 N–H and O–H groups in total. The molecule has 9 heteroatoms. The number of hydrogen-bond donors (Lipinski definition) is 0. The standard InChI is InChI=1S/C13H9FN6O2/c1-19-12-8(5-15-19)13(21)20(18-17-12)6-11-16-9-4-7(14)2-3-10(9)22-11/h2-5H,6H2,1H3. The number of fused-ring (bicyclic) bond motifs is 2. The van der Waals surface area contributed by atoms with Gasteiger partial charge < -0.3 is 4.42 Å². The van der Waals surface area contributed by atoms with Crippen molar-refractivity contribution in [2.24, 2.45) is 7.05 Å². The highest BCUT2D eigenvalue weighted by Crippen LogP contribution is 2.16. The molecule has 0 bridgehead atoms. The maximum absolute atomic E-state index is 13.1. The fraction of sp³-hybridized carbons (Fsp3) is 0.154. The molecule has 1 aromatic carbocycles. The lowest BCUT2D eigenvalue weighted by molar-refractivity contribution is 0.471. The Kier molecular flexibility index (Phi) is 2.55. The summed E-state index contributed by atoms with van der Waals surface area (Å²) < 4.78 is 21.2. The van der Waals surface area contributed by atoms with E-state index >= 15 is 0 Å². The van der Waals surface area contributed by atoms with Crippen LogP contribution >= 0.6 is 0 Å². The van der Waals surface area contributed by atoms with Crippen molar-refractivity contribution >= 4 is 22.1 Å². The molecule has 0 saturated carbocycles. The van der Waals surface area contributed by atoms with Crippen LogP contribution in [0.1, 0.15) is 5.89 Å². The first-order valence-electron chi connectivity index (χ1n) is 6.42. The lowest BCUT2D eigenvalue weighted by atomic mass is 10.3. The van der Waals surface area contributed by atoms with E-state index in [0.717, 1.165) is 4.68 Å². The van der Waals surface area contributed by atoms with Crippen LogP contribution in [0, 0.1) is 5.82 Å². The first kappa shape index (κ1) is 12.6. The van der Waals surface area contributed by atoms with Crippen LogP contribution in [0.25, 0.3) is 22.1 Å². The Labute approximate surface area is 121 Å². The molecule has 0 atom stereocenters. The summed E-state index contributed by atoms with van der Waals surface area (Å²) >= 11 is 0. The maximum atomic E-state index is 13.1. The third-order valence-corrected chi connectivity index (χ3v) is 3.30. The van der Waals surface area contributed by atoms with Gasteiger partial charge in [-0.2, -0.15) is 5.10 Å². The van der Waals surface area contributed by atoms with Gasteiger partial charge in [0.1, 0.15) is 23.3 Å². The van der Waals surface area contributed by atoms with Crippen LogP contribution in [0.15, 0.2) is 33.6 Å². The molecular formula is C13H9FN6O2. The average Bonchev–Trinajstić information content (AvgIpc) is 3.05. The minimum absolute atomic E-state index is 0.00691. The molecular weight excluding hydrogens is 291 g/mol. The summed E-state index contributed by atoms with van der Waals surface area (Å²) in [7, 11) is 1.68. The highest BCUT2D eigenvalue weighted by Gasteiger charge is 2.13. The number of aryl methyl sites for hydroxylation is 1. The minimum Gasteiger partial charge on any atom is -0.439 e. The molecule has 3 heterocycles. The van der Waals surface area contributed by atoms with Crippen molar-refractivity contribution in [3.05, 3.63) is 46.5 Å². The van der Waals surface area contributed by atoms with Gasteiger partial charge in [-0.3, -0.25) is 4.79 Å². The zero-order valence-corrected chi connectivity index (χ0v) is 11.4. The quantitative estimate of drug-likeness (QED) is 0.545. The molecule has 0 unspecified atom stereocenters. The highest BCUT2D eigenvalue weighted by molar-refractivity contribution is 5.73. The average molecular weight is 300 g/mol. The van der Waals surface area contributed by atoms with Crippen molar-refractivity contribution in [1.82, 2.24) is 29.8 Å². The summed E-state index contributed by atoms with van der Waals surface area (Å²) in [6, 6.07) is 4.03. The number of hydrogen-bond acceptors (Lipinski definition) is 6. The van der Waals surface area contributed by atoms with Gasteiger partial charge >= 0.3 is 0 Å². The second kappa shape index (κ2) is 4.45. The van der Waals surface area contributed by atoms with Crippen molar-refractivity contribution in [3.63, 3.8) is 0 Å². The molecule has 4 rings (SSSR count). The molecule has 0 amide bonds. The van der Waals surface area contributed by atoms with Gasteiger partial charge in [0.2, 0.25) is 5.89 Å². The van der Waals surface area contributed by atoms with Crippen LogP contribution in [0.4, 0.5) is 4.39 Å². The first-order valence-corrected chi connectivity index (χ1v) is 6.42. The van der Waals surface area contributed by atoms with Crippen molar-refractivity contribution in [2.75, 3.05) is 0 Å². The summed E-state index contributed by atoms with van der Waals surface area (Å²) in [6.07, 6.45) is 1.43. The third kappa shape index (κ3) is 1.86. The Bertz CT molecular complexity index is 1060. The smallest absolute Gasteiger partial charge is 0.281 e. The van der Waals surface area contributed by atoms with E-state index in [1.165, 1.54) is 29.1 Å². The predicted molar refractivity (Wildman–Crippen MR) is 73.6 cm³/mol. The van der Waals surface area contributed by atoms with Crippen LogP contribution in [0.3, 0.4) is 0 Å². The fourth-order valence-corrected chi connectivity index (χ4v) is 2.22. The molecule has 3 aromatic heterocycles. The third-order valence-electron chi connectivity index (χ3n) is 3.30. The SMILES string of the molecule is Cn1ncc2c(=O)n(Cc3nc4cc(F)ccc4o3)nnc21. The summed E-state index contributed by atoms with van der Waals surface area (Å²) in [4.78, 5) is 16.4. The van der Waals surface area contributed by atoms with E-state index in [9.17, 15) is 9.18 Å². The topological polar surface area (TPSA) is 91.6 Å². The number of benzene rings is 1. The zero-order chi connectivity index (χ0) is 15.3. The normalized spacial score (nSPS) is 11.5. The number of halogens is 1. The van der Waals surface area contributed by atoms with E-state index in [1.54, 1.807) is 7.05 Å². The van der Waals surface area contributed by atoms with Crippen LogP contribution in [-0.2, 0) is 13.6 Å². The van der Waals surface area contributed by atoms with Gasteiger partial charge in [-0.15, -0.1) is 5.10 Å². The number of oxazole rings is 1. The lowest BCUT2D eigenvalue weighted by Crippen LogP contribution is -2.24. The Morgan fingerprint density at radius 2 is 2.23 bits per heavy atom. The summed E-state index contributed by atoms with van der Waals surface area (Å²) in [6.45, 7) is 0.00691. The Morgan fingerprint density at radius 3 is 3.09 bits per heavy atom.